The Labute approximate surface area is 155 Å². The lowest BCUT2D eigenvalue weighted by Crippen LogP contribution is -2.34. The topological polar surface area (TPSA) is 49.4 Å². The lowest BCUT2D eigenvalue weighted by molar-refractivity contribution is -0.121. The first-order chi connectivity index (χ1) is 12.4. The lowest BCUT2D eigenvalue weighted by Gasteiger charge is -2.17. The highest BCUT2D eigenvalue weighted by Crippen LogP contribution is 2.27. The molecule has 1 heterocycles. The Kier molecular flexibility index (Phi) is 5.12. The fourth-order valence-electron chi connectivity index (χ4n) is 3.19. The van der Waals surface area contributed by atoms with Crippen molar-refractivity contribution in [3.05, 3.63) is 59.7 Å². The van der Waals surface area contributed by atoms with Crippen LogP contribution in [0.2, 0.25) is 0 Å². The van der Waals surface area contributed by atoms with E-state index in [2.05, 4.69) is 45.1 Å². The van der Waals surface area contributed by atoms with Gasteiger partial charge in [-0.2, -0.15) is 0 Å². The maximum atomic E-state index is 12.8. The van der Waals surface area contributed by atoms with Crippen LogP contribution in [0.4, 0.5) is 11.4 Å². The summed E-state index contributed by atoms with van der Waals surface area (Å²) in [7, 11) is 0. The van der Waals surface area contributed by atoms with Gasteiger partial charge in [-0.3, -0.25) is 9.59 Å². The third kappa shape index (κ3) is 3.64. The highest BCUT2D eigenvalue weighted by Gasteiger charge is 2.39. The predicted molar refractivity (Wildman–Crippen MR) is 106 cm³/mol. The zero-order valence-corrected chi connectivity index (χ0v) is 15.8. The largest absolute Gasteiger partial charge is 0.373 e. The van der Waals surface area contributed by atoms with Crippen LogP contribution >= 0.6 is 0 Å². The van der Waals surface area contributed by atoms with Crippen LogP contribution in [0.3, 0.4) is 0 Å². The molecule has 1 aliphatic rings. The zero-order chi connectivity index (χ0) is 18.8. The molecule has 1 saturated heterocycles. The number of anilines is 2. The Morgan fingerprint density at radius 2 is 1.35 bits per heavy atom. The van der Waals surface area contributed by atoms with E-state index >= 15 is 0 Å². The van der Waals surface area contributed by atoms with Gasteiger partial charge in [0.2, 0.25) is 5.91 Å². The summed E-state index contributed by atoms with van der Waals surface area (Å²) in [5, 5.41) is 3.20. The second-order valence-electron chi connectivity index (χ2n) is 7.49. The molecule has 0 saturated carbocycles. The molecule has 26 heavy (non-hydrogen) atoms. The second-order valence-corrected chi connectivity index (χ2v) is 7.49. The lowest BCUT2D eigenvalue weighted by atomic mass is 10.0. The molecule has 3 rings (SSSR count). The molecule has 1 N–H and O–H groups in total. The van der Waals surface area contributed by atoms with Gasteiger partial charge in [0.15, 0.2) is 0 Å². The minimum atomic E-state index is -0.517. The molecular weight excluding hydrogens is 324 g/mol. The quantitative estimate of drug-likeness (QED) is 0.797. The first-order valence-corrected chi connectivity index (χ1v) is 9.20. The van der Waals surface area contributed by atoms with Crippen molar-refractivity contribution in [2.75, 3.05) is 10.2 Å². The molecule has 136 valence electrons. The number of hydrogen-bond donors (Lipinski definition) is 1. The standard InChI is InChI=1S/C22H26N2O2/c1-14(2)16-5-9-18(10-6-16)23-20-13-21(25)24(22(20)26)19-11-7-17(8-12-19)15(3)4/h5-12,14-15,20,23H,13H2,1-4H3/t20-/m0/s1. The molecule has 0 spiro atoms. The van der Waals surface area contributed by atoms with Crippen molar-refractivity contribution in [2.24, 2.45) is 0 Å². The highest BCUT2D eigenvalue weighted by atomic mass is 16.2. The molecule has 2 aromatic rings. The molecule has 0 radical (unpaired) electrons. The summed E-state index contributed by atoms with van der Waals surface area (Å²) >= 11 is 0. The molecular formula is C22H26N2O2. The SMILES string of the molecule is CC(C)c1ccc(N[C@H]2CC(=O)N(c3ccc(C(C)C)cc3)C2=O)cc1. The van der Waals surface area contributed by atoms with E-state index in [-0.39, 0.29) is 18.2 Å². The Morgan fingerprint density at radius 3 is 1.85 bits per heavy atom. The fraction of sp³-hybridized carbons (Fsp3) is 0.364. The fourth-order valence-corrected chi connectivity index (χ4v) is 3.19. The van der Waals surface area contributed by atoms with Gasteiger partial charge in [0.05, 0.1) is 12.1 Å². The van der Waals surface area contributed by atoms with Crippen LogP contribution in [0, 0.1) is 0 Å². The molecule has 1 fully saturated rings. The van der Waals surface area contributed by atoms with Gasteiger partial charge in [0, 0.05) is 5.69 Å². The monoisotopic (exact) mass is 350 g/mol. The molecule has 0 aromatic heterocycles. The summed E-state index contributed by atoms with van der Waals surface area (Å²) in [6.07, 6.45) is 0.177. The zero-order valence-electron chi connectivity index (χ0n) is 15.8. The molecule has 4 nitrogen and oxygen atoms in total. The normalized spacial score (nSPS) is 17.5. The predicted octanol–water partition coefficient (Wildman–Crippen LogP) is 4.68. The number of amides is 2. The Morgan fingerprint density at radius 1 is 0.846 bits per heavy atom. The van der Waals surface area contributed by atoms with Gasteiger partial charge in [-0.25, -0.2) is 4.90 Å². The third-order valence-electron chi connectivity index (χ3n) is 4.88. The summed E-state index contributed by atoms with van der Waals surface area (Å²) in [4.78, 5) is 26.5. The first kappa shape index (κ1) is 18.2. The average Bonchev–Trinajstić information content (AvgIpc) is 2.89. The third-order valence-corrected chi connectivity index (χ3v) is 4.88. The smallest absolute Gasteiger partial charge is 0.256 e. The van der Waals surface area contributed by atoms with Crippen LogP contribution in [0.25, 0.3) is 0 Å². The van der Waals surface area contributed by atoms with Gasteiger partial charge >= 0.3 is 0 Å². The van der Waals surface area contributed by atoms with Crippen LogP contribution in [0.5, 0.6) is 0 Å². The maximum Gasteiger partial charge on any atom is 0.256 e. The number of nitrogens with zero attached hydrogens (tertiary/aromatic N) is 1. The molecule has 0 aliphatic carbocycles. The van der Waals surface area contributed by atoms with E-state index < -0.39 is 6.04 Å². The van der Waals surface area contributed by atoms with Crippen molar-refractivity contribution >= 4 is 23.2 Å². The summed E-state index contributed by atoms with van der Waals surface area (Å²) in [6, 6.07) is 15.2. The van der Waals surface area contributed by atoms with Crippen molar-refractivity contribution in [2.45, 2.75) is 52.0 Å². The van der Waals surface area contributed by atoms with E-state index in [1.807, 2.05) is 36.4 Å². The van der Waals surface area contributed by atoms with E-state index in [9.17, 15) is 9.59 Å². The number of carbonyl (C=O) groups excluding carboxylic acids is 2. The van der Waals surface area contributed by atoms with Gasteiger partial charge in [-0.1, -0.05) is 52.0 Å². The summed E-state index contributed by atoms with van der Waals surface area (Å²) in [6.45, 7) is 8.52. The Hall–Kier alpha value is -2.62. The highest BCUT2D eigenvalue weighted by molar-refractivity contribution is 6.23. The van der Waals surface area contributed by atoms with Crippen molar-refractivity contribution in [3.63, 3.8) is 0 Å². The second kappa shape index (κ2) is 7.32. The van der Waals surface area contributed by atoms with Gasteiger partial charge < -0.3 is 5.32 Å². The van der Waals surface area contributed by atoms with Crippen LogP contribution < -0.4 is 10.2 Å². The van der Waals surface area contributed by atoms with E-state index in [4.69, 9.17) is 0 Å². The van der Waals surface area contributed by atoms with Crippen molar-refractivity contribution in [3.8, 4) is 0 Å². The van der Waals surface area contributed by atoms with Gasteiger partial charge in [-0.15, -0.1) is 0 Å². The van der Waals surface area contributed by atoms with Crippen molar-refractivity contribution < 1.29 is 9.59 Å². The molecule has 1 atom stereocenters. The van der Waals surface area contributed by atoms with Crippen LogP contribution in [-0.2, 0) is 9.59 Å². The van der Waals surface area contributed by atoms with Gasteiger partial charge in [0.1, 0.15) is 6.04 Å². The summed E-state index contributed by atoms with van der Waals surface area (Å²) in [5.74, 6) is 0.518. The maximum absolute atomic E-state index is 12.8. The molecule has 0 bridgehead atoms. The van der Waals surface area contributed by atoms with Crippen molar-refractivity contribution in [1.29, 1.82) is 0 Å². The molecule has 0 unspecified atom stereocenters. The Bertz CT molecular complexity index is 792. The molecule has 1 aliphatic heterocycles. The number of imide groups is 1. The number of rotatable bonds is 5. The number of hydrogen-bond acceptors (Lipinski definition) is 3. The van der Waals surface area contributed by atoms with Crippen LogP contribution in [0.15, 0.2) is 48.5 Å². The minimum absolute atomic E-state index is 0.163. The van der Waals surface area contributed by atoms with Gasteiger partial charge in [0.25, 0.3) is 5.91 Å². The van der Waals surface area contributed by atoms with Gasteiger partial charge in [-0.05, 0) is 47.2 Å². The van der Waals surface area contributed by atoms with E-state index in [0.717, 1.165) is 5.69 Å². The van der Waals surface area contributed by atoms with Crippen molar-refractivity contribution in [1.82, 2.24) is 0 Å². The number of benzene rings is 2. The Balaban J connectivity index is 1.74. The summed E-state index contributed by atoms with van der Waals surface area (Å²) in [5.41, 5.74) is 3.94. The van der Waals surface area contributed by atoms with Crippen LogP contribution in [0.1, 0.15) is 57.1 Å². The van der Waals surface area contributed by atoms with E-state index in [1.54, 1.807) is 0 Å². The van der Waals surface area contributed by atoms with E-state index in [1.165, 1.54) is 16.0 Å². The number of carbonyl (C=O) groups is 2. The average molecular weight is 350 g/mol. The minimum Gasteiger partial charge on any atom is -0.373 e. The molecule has 2 aromatic carbocycles. The summed E-state index contributed by atoms with van der Waals surface area (Å²) < 4.78 is 0. The molecule has 2 amide bonds. The molecule has 4 heteroatoms. The number of nitrogens with one attached hydrogen (secondary N) is 1. The van der Waals surface area contributed by atoms with E-state index in [0.29, 0.717) is 17.5 Å². The first-order valence-electron chi connectivity index (χ1n) is 9.20. The van der Waals surface area contributed by atoms with Crippen LogP contribution in [-0.4, -0.2) is 17.9 Å².